The lowest BCUT2D eigenvalue weighted by Crippen LogP contribution is -1.90. The second-order valence-corrected chi connectivity index (χ2v) is 5.86. The van der Waals surface area contributed by atoms with Crippen LogP contribution in [0, 0.1) is 10.1 Å². The number of nitrogens with zero attached hydrogens (tertiary/aromatic N) is 1. The molecule has 0 atom stereocenters. The number of benzene rings is 3. The molecule has 0 aromatic heterocycles. The number of fused-ring (bicyclic) bond motifs is 3. The first kappa shape index (κ1) is 15.1. The molecule has 0 fully saturated rings. The van der Waals surface area contributed by atoms with Gasteiger partial charge in [0.25, 0.3) is 5.69 Å². The van der Waals surface area contributed by atoms with Crippen molar-refractivity contribution in [3.63, 3.8) is 0 Å². The first-order chi connectivity index (χ1) is 12.2. The van der Waals surface area contributed by atoms with Crippen LogP contribution in [-0.4, -0.2) is 12.0 Å². The Morgan fingerprint density at radius 1 is 0.880 bits per heavy atom. The van der Waals surface area contributed by atoms with E-state index in [-0.39, 0.29) is 10.6 Å². The van der Waals surface area contributed by atoms with Crippen molar-refractivity contribution in [2.45, 2.75) is 0 Å². The molecule has 0 heterocycles. The maximum atomic E-state index is 11.2. The molecule has 25 heavy (non-hydrogen) atoms. The predicted octanol–water partition coefficient (Wildman–Crippen LogP) is 5.17. The standard InChI is InChI=1S/C21H15NO3/c1-25-16-9-6-14(7-10-16)12-20-18-5-3-2-4-17(18)19-11-8-15(22(23)24)13-21(19)20/h2-13H,1H3/b20-12-. The first-order valence-electron chi connectivity index (χ1n) is 7.92. The molecule has 0 radical (unpaired) electrons. The number of non-ortho nitro benzene ring substituents is 1. The third kappa shape index (κ3) is 2.58. The average molecular weight is 329 g/mol. The molecule has 0 N–H and O–H groups in total. The van der Waals surface area contributed by atoms with Crippen LogP contribution in [0.4, 0.5) is 5.69 Å². The average Bonchev–Trinajstić information content (AvgIpc) is 2.96. The largest absolute Gasteiger partial charge is 0.497 e. The van der Waals surface area contributed by atoms with Crippen molar-refractivity contribution in [1.82, 2.24) is 0 Å². The summed E-state index contributed by atoms with van der Waals surface area (Å²) in [6.07, 6.45) is 2.06. The third-order valence-electron chi connectivity index (χ3n) is 4.44. The summed E-state index contributed by atoms with van der Waals surface area (Å²) in [6.45, 7) is 0. The van der Waals surface area contributed by atoms with E-state index in [0.717, 1.165) is 39.1 Å². The summed E-state index contributed by atoms with van der Waals surface area (Å²) in [6, 6.07) is 20.9. The van der Waals surface area contributed by atoms with Crippen LogP contribution in [0.25, 0.3) is 22.8 Å². The molecule has 122 valence electrons. The van der Waals surface area contributed by atoms with Crippen LogP contribution >= 0.6 is 0 Å². The lowest BCUT2D eigenvalue weighted by molar-refractivity contribution is -0.384. The van der Waals surface area contributed by atoms with E-state index in [2.05, 4.69) is 18.2 Å². The van der Waals surface area contributed by atoms with Crippen molar-refractivity contribution < 1.29 is 9.66 Å². The maximum Gasteiger partial charge on any atom is 0.270 e. The van der Waals surface area contributed by atoms with Gasteiger partial charge in [0.15, 0.2) is 0 Å². The molecule has 0 saturated heterocycles. The number of rotatable bonds is 3. The van der Waals surface area contributed by atoms with Crippen molar-refractivity contribution in [3.8, 4) is 16.9 Å². The Hall–Kier alpha value is -3.40. The van der Waals surface area contributed by atoms with Gasteiger partial charge in [-0.1, -0.05) is 36.4 Å². The van der Waals surface area contributed by atoms with Crippen LogP contribution in [0.1, 0.15) is 16.7 Å². The fourth-order valence-electron chi connectivity index (χ4n) is 3.22. The fraction of sp³-hybridized carbons (Fsp3) is 0.0476. The molecule has 0 unspecified atom stereocenters. The quantitative estimate of drug-likeness (QED) is 0.385. The minimum Gasteiger partial charge on any atom is -0.497 e. The summed E-state index contributed by atoms with van der Waals surface area (Å²) in [5, 5.41) is 11.2. The van der Waals surface area contributed by atoms with E-state index in [4.69, 9.17) is 4.74 Å². The molecule has 3 aromatic rings. The highest BCUT2D eigenvalue weighted by molar-refractivity contribution is 6.06. The number of nitro benzene ring substituents is 1. The Labute approximate surface area is 145 Å². The summed E-state index contributed by atoms with van der Waals surface area (Å²) in [4.78, 5) is 10.8. The smallest absolute Gasteiger partial charge is 0.270 e. The van der Waals surface area contributed by atoms with Crippen molar-refractivity contribution in [2.24, 2.45) is 0 Å². The molecular formula is C21H15NO3. The molecule has 0 bridgehead atoms. The first-order valence-corrected chi connectivity index (χ1v) is 7.92. The zero-order chi connectivity index (χ0) is 17.4. The van der Waals surface area contributed by atoms with Gasteiger partial charge in [0.1, 0.15) is 5.75 Å². The highest BCUT2D eigenvalue weighted by Crippen LogP contribution is 2.46. The Bertz CT molecular complexity index is 1000. The second kappa shape index (κ2) is 5.91. The van der Waals surface area contributed by atoms with Gasteiger partial charge < -0.3 is 4.74 Å². The van der Waals surface area contributed by atoms with Crippen LogP contribution < -0.4 is 4.74 Å². The molecule has 0 aliphatic heterocycles. The Morgan fingerprint density at radius 2 is 1.56 bits per heavy atom. The zero-order valence-corrected chi connectivity index (χ0v) is 13.6. The SMILES string of the molecule is COc1ccc(/C=C2/c3ccccc3-c3ccc([N+](=O)[O-])cc32)cc1. The van der Waals surface area contributed by atoms with Gasteiger partial charge in [0.05, 0.1) is 12.0 Å². The van der Waals surface area contributed by atoms with Gasteiger partial charge in [-0.2, -0.15) is 0 Å². The Morgan fingerprint density at radius 3 is 2.24 bits per heavy atom. The molecule has 0 amide bonds. The van der Waals surface area contributed by atoms with Crippen LogP contribution in [-0.2, 0) is 0 Å². The predicted molar refractivity (Wildman–Crippen MR) is 98.5 cm³/mol. The van der Waals surface area contributed by atoms with Gasteiger partial charge in [0.2, 0.25) is 0 Å². The molecule has 3 aromatic carbocycles. The van der Waals surface area contributed by atoms with E-state index >= 15 is 0 Å². The molecule has 4 rings (SSSR count). The van der Waals surface area contributed by atoms with Gasteiger partial charge in [-0.15, -0.1) is 0 Å². The van der Waals surface area contributed by atoms with Crippen LogP contribution in [0.2, 0.25) is 0 Å². The highest BCUT2D eigenvalue weighted by Gasteiger charge is 2.25. The van der Waals surface area contributed by atoms with E-state index in [0.29, 0.717) is 0 Å². The van der Waals surface area contributed by atoms with Crippen molar-refractivity contribution in [3.05, 3.63) is 93.5 Å². The minimum atomic E-state index is -0.353. The zero-order valence-electron chi connectivity index (χ0n) is 13.6. The Kier molecular flexibility index (Phi) is 3.58. The molecule has 1 aliphatic carbocycles. The van der Waals surface area contributed by atoms with Crippen LogP contribution in [0.3, 0.4) is 0 Å². The number of hydrogen-bond acceptors (Lipinski definition) is 3. The molecule has 0 saturated carbocycles. The van der Waals surface area contributed by atoms with Gasteiger partial charge in [-0.3, -0.25) is 10.1 Å². The summed E-state index contributed by atoms with van der Waals surface area (Å²) in [5.41, 5.74) is 6.24. The van der Waals surface area contributed by atoms with Gasteiger partial charge in [-0.25, -0.2) is 0 Å². The lowest BCUT2D eigenvalue weighted by atomic mass is 10.0. The second-order valence-electron chi connectivity index (χ2n) is 5.86. The molecule has 0 spiro atoms. The van der Waals surface area contributed by atoms with Crippen LogP contribution in [0.5, 0.6) is 5.75 Å². The molecule has 4 heteroatoms. The van der Waals surface area contributed by atoms with Crippen LogP contribution in [0.15, 0.2) is 66.7 Å². The van der Waals surface area contributed by atoms with E-state index in [1.54, 1.807) is 19.2 Å². The van der Waals surface area contributed by atoms with E-state index < -0.39 is 0 Å². The maximum absolute atomic E-state index is 11.2. The highest BCUT2D eigenvalue weighted by atomic mass is 16.6. The van der Waals surface area contributed by atoms with Crippen molar-refractivity contribution >= 4 is 17.3 Å². The lowest BCUT2D eigenvalue weighted by Gasteiger charge is -2.04. The van der Waals surface area contributed by atoms with Gasteiger partial charge in [-0.05, 0) is 57.7 Å². The van der Waals surface area contributed by atoms with E-state index in [1.807, 2.05) is 42.5 Å². The summed E-state index contributed by atoms with van der Waals surface area (Å²) >= 11 is 0. The molecule has 4 nitrogen and oxygen atoms in total. The Balaban J connectivity index is 1.90. The normalized spacial score (nSPS) is 13.4. The topological polar surface area (TPSA) is 52.4 Å². The summed E-state index contributed by atoms with van der Waals surface area (Å²) < 4.78 is 5.20. The minimum absolute atomic E-state index is 0.104. The third-order valence-corrected chi connectivity index (χ3v) is 4.44. The monoisotopic (exact) mass is 329 g/mol. The summed E-state index contributed by atoms with van der Waals surface area (Å²) in [5.74, 6) is 0.796. The fourth-order valence-corrected chi connectivity index (χ4v) is 3.22. The van der Waals surface area contributed by atoms with E-state index in [9.17, 15) is 10.1 Å². The molecular weight excluding hydrogens is 314 g/mol. The van der Waals surface area contributed by atoms with Gasteiger partial charge in [0, 0.05) is 12.1 Å². The van der Waals surface area contributed by atoms with Gasteiger partial charge >= 0.3 is 0 Å². The van der Waals surface area contributed by atoms with E-state index in [1.165, 1.54) is 0 Å². The number of methoxy groups -OCH3 is 1. The number of nitro groups is 1. The molecule has 1 aliphatic rings. The number of ether oxygens (including phenoxy) is 1. The summed E-state index contributed by atoms with van der Waals surface area (Å²) in [7, 11) is 1.63. The van der Waals surface area contributed by atoms with Crippen molar-refractivity contribution in [2.75, 3.05) is 7.11 Å². The van der Waals surface area contributed by atoms with Crippen molar-refractivity contribution in [1.29, 1.82) is 0 Å². The number of hydrogen-bond donors (Lipinski definition) is 0.